The van der Waals surface area contributed by atoms with Gasteiger partial charge in [0.15, 0.2) is 0 Å². The first kappa shape index (κ1) is 14.1. The molecule has 2 aromatic rings. The molecule has 1 aliphatic heterocycles. The first-order chi connectivity index (χ1) is 10.1. The van der Waals surface area contributed by atoms with Gasteiger partial charge in [-0.05, 0) is 12.5 Å². The topological polar surface area (TPSA) is 60.2 Å². The molecule has 1 aliphatic rings. The number of nitrogens with zero attached hydrogens (tertiary/aromatic N) is 3. The molecule has 0 radical (unpaired) electrons. The standard InChI is InChI=1S/C14H15F2N3O2/c15-11-1-2-12(13(16)3-11)14(4-10(5-20)6-21-14)7-19-8-17-18-9-19/h1-3,8-10,20H,4-7H2/t10-,14+/m1/s1. The molecular formula is C14H15F2N3O2. The summed E-state index contributed by atoms with van der Waals surface area (Å²) in [6, 6.07) is 3.45. The minimum absolute atomic E-state index is 0.0350. The van der Waals surface area contributed by atoms with E-state index in [0.717, 1.165) is 6.07 Å². The maximum Gasteiger partial charge on any atom is 0.132 e. The van der Waals surface area contributed by atoms with E-state index in [1.165, 1.54) is 24.8 Å². The zero-order chi connectivity index (χ0) is 14.9. The Labute approximate surface area is 120 Å². The Hall–Kier alpha value is -1.86. The van der Waals surface area contributed by atoms with Gasteiger partial charge in [-0.25, -0.2) is 8.78 Å². The lowest BCUT2D eigenvalue weighted by atomic mass is 9.87. The summed E-state index contributed by atoms with van der Waals surface area (Å²) in [5, 5.41) is 16.8. The van der Waals surface area contributed by atoms with E-state index in [-0.39, 0.29) is 18.1 Å². The lowest BCUT2D eigenvalue weighted by Crippen LogP contribution is -2.32. The highest BCUT2D eigenvalue weighted by Gasteiger charge is 2.43. The second-order valence-corrected chi connectivity index (χ2v) is 5.32. The van der Waals surface area contributed by atoms with E-state index in [4.69, 9.17) is 4.74 Å². The highest BCUT2D eigenvalue weighted by atomic mass is 19.1. The molecule has 1 aromatic heterocycles. The molecule has 5 nitrogen and oxygen atoms in total. The van der Waals surface area contributed by atoms with Gasteiger partial charge in [0.2, 0.25) is 0 Å². The number of halogens is 2. The molecule has 21 heavy (non-hydrogen) atoms. The van der Waals surface area contributed by atoms with Crippen LogP contribution in [0.2, 0.25) is 0 Å². The number of aromatic nitrogens is 3. The van der Waals surface area contributed by atoms with E-state index in [0.29, 0.717) is 19.6 Å². The SMILES string of the molecule is OC[C@@H]1CO[C@@](Cn2cnnc2)(c2ccc(F)cc2F)C1. The van der Waals surface area contributed by atoms with Crippen molar-refractivity contribution in [3.8, 4) is 0 Å². The Kier molecular flexibility index (Phi) is 3.69. The molecule has 1 N–H and O–H groups in total. The molecule has 0 bridgehead atoms. The largest absolute Gasteiger partial charge is 0.396 e. The average molecular weight is 295 g/mol. The number of benzene rings is 1. The van der Waals surface area contributed by atoms with Crippen LogP contribution in [0.1, 0.15) is 12.0 Å². The number of hydrogen-bond acceptors (Lipinski definition) is 4. The lowest BCUT2D eigenvalue weighted by molar-refractivity contribution is -0.0182. The number of aliphatic hydroxyl groups excluding tert-OH is 1. The molecule has 0 spiro atoms. The predicted molar refractivity (Wildman–Crippen MR) is 69.2 cm³/mol. The quantitative estimate of drug-likeness (QED) is 0.928. The zero-order valence-electron chi connectivity index (χ0n) is 11.2. The van der Waals surface area contributed by atoms with Gasteiger partial charge in [0, 0.05) is 24.2 Å². The van der Waals surface area contributed by atoms with E-state index in [2.05, 4.69) is 10.2 Å². The van der Waals surface area contributed by atoms with Crippen LogP contribution in [0.5, 0.6) is 0 Å². The maximum atomic E-state index is 14.2. The molecule has 112 valence electrons. The van der Waals surface area contributed by atoms with Gasteiger partial charge in [0.1, 0.15) is 29.9 Å². The van der Waals surface area contributed by atoms with Crippen molar-refractivity contribution in [1.82, 2.24) is 14.8 Å². The van der Waals surface area contributed by atoms with Crippen molar-refractivity contribution in [3.05, 3.63) is 48.1 Å². The Morgan fingerprint density at radius 3 is 2.71 bits per heavy atom. The van der Waals surface area contributed by atoms with E-state index >= 15 is 0 Å². The summed E-state index contributed by atoms with van der Waals surface area (Å²) in [4.78, 5) is 0. The smallest absolute Gasteiger partial charge is 0.132 e. The van der Waals surface area contributed by atoms with Crippen LogP contribution < -0.4 is 0 Å². The van der Waals surface area contributed by atoms with Crippen molar-refractivity contribution in [3.63, 3.8) is 0 Å². The van der Waals surface area contributed by atoms with Crippen LogP contribution in [-0.2, 0) is 16.9 Å². The summed E-state index contributed by atoms with van der Waals surface area (Å²) in [7, 11) is 0. The Balaban J connectivity index is 1.99. The summed E-state index contributed by atoms with van der Waals surface area (Å²) in [6.45, 7) is 0.598. The highest BCUT2D eigenvalue weighted by Crippen LogP contribution is 2.41. The summed E-state index contributed by atoms with van der Waals surface area (Å²) < 4.78 is 34.8. The molecular weight excluding hydrogens is 280 g/mol. The van der Waals surface area contributed by atoms with E-state index in [1.807, 2.05) is 0 Å². The van der Waals surface area contributed by atoms with E-state index < -0.39 is 17.2 Å². The normalized spacial score (nSPS) is 25.4. The molecule has 1 saturated heterocycles. The predicted octanol–water partition coefficient (Wildman–Crippen LogP) is 1.48. The number of aliphatic hydroxyl groups is 1. The minimum atomic E-state index is -0.951. The van der Waals surface area contributed by atoms with Gasteiger partial charge < -0.3 is 14.4 Å². The molecule has 0 unspecified atom stereocenters. The molecule has 1 aromatic carbocycles. The van der Waals surface area contributed by atoms with Gasteiger partial charge in [-0.15, -0.1) is 10.2 Å². The first-order valence-electron chi connectivity index (χ1n) is 6.66. The third kappa shape index (κ3) is 2.66. The van der Waals surface area contributed by atoms with Crippen LogP contribution in [0.25, 0.3) is 0 Å². The van der Waals surface area contributed by atoms with Gasteiger partial charge in [-0.1, -0.05) is 6.07 Å². The fourth-order valence-electron chi connectivity index (χ4n) is 2.82. The van der Waals surface area contributed by atoms with E-state index in [1.54, 1.807) is 4.57 Å². The molecule has 7 heteroatoms. The highest BCUT2D eigenvalue weighted by molar-refractivity contribution is 5.26. The lowest BCUT2D eigenvalue weighted by Gasteiger charge is -2.29. The number of ether oxygens (including phenoxy) is 1. The third-order valence-corrected chi connectivity index (χ3v) is 3.80. The van der Waals surface area contributed by atoms with Crippen molar-refractivity contribution in [2.24, 2.45) is 5.92 Å². The van der Waals surface area contributed by atoms with Crippen molar-refractivity contribution in [1.29, 1.82) is 0 Å². The van der Waals surface area contributed by atoms with Gasteiger partial charge in [0.05, 0.1) is 13.2 Å². The molecule has 3 rings (SSSR count). The number of rotatable bonds is 4. The Morgan fingerprint density at radius 1 is 1.33 bits per heavy atom. The van der Waals surface area contributed by atoms with Gasteiger partial charge >= 0.3 is 0 Å². The summed E-state index contributed by atoms with van der Waals surface area (Å²) >= 11 is 0. The molecule has 0 saturated carbocycles. The van der Waals surface area contributed by atoms with Crippen molar-refractivity contribution in [2.45, 2.75) is 18.6 Å². The summed E-state index contributed by atoms with van der Waals surface area (Å²) in [6.07, 6.45) is 3.47. The third-order valence-electron chi connectivity index (χ3n) is 3.80. The van der Waals surface area contributed by atoms with Gasteiger partial charge in [-0.3, -0.25) is 0 Å². The number of hydrogen-bond donors (Lipinski definition) is 1. The zero-order valence-corrected chi connectivity index (χ0v) is 11.2. The molecule has 2 heterocycles. The van der Waals surface area contributed by atoms with Crippen molar-refractivity contribution in [2.75, 3.05) is 13.2 Å². The molecule has 1 fully saturated rings. The minimum Gasteiger partial charge on any atom is -0.396 e. The van der Waals surface area contributed by atoms with Crippen LogP contribution in [0.4, 0.5) is 8.78 Å². The molecule has 0 amide bonds. The van der Waals surface area contributed by atoms with Crippen molar-refractivity contribution >= 4 is 0 Å². The first-order valence-corrected chi connectivity index (χ1v) is 6.66. The van der Waals surface area contributed by atoms with Crippen LogP contribution in [0, 0.1) is 17.6 Å². The second kappa shape index (κ2) is 5.50. The van der Waals surface area contributed by atoms with Crippen LogP contribution >= 0.6 is 0 Å². The van der Waals surface area contributed by atoms with Crippen LogP contribution in [0.15, 0.2) is 30.9 Å². The maximum absolute atomic E-state index is 14.2. The van der Waals surface area contributed by atoms with E-state index in [9.17, 15) is 13.9 Å². The van der Waals surface area contributed by atoms with Crippen molar-refractivity contribution < 1.29 is 18.6 Å². The Bertz CT molecular complexity index is 621. The molecule has 2 atom stereocenters. The summed E-state index contributed by atoms with van der Waals surface area (Å²) in [5.74, 6) is -1.36. The fraction of sp³-hybridized carbons (Fsp3) is 0.429. The second-order valence-electron chi connectivity index (χ2n) is 5.32. The average Bonchev–Trinajstić information content (AvgIpc) is 3.09. The van der Waals surface area contributed by atoms with Crippen LogP contribution in [0.3, 0.4) is 0 Å². The fourth-order valence-corrected chi connectivity index (χ4v) is 2.82. The van der Waals surface area contributed by atoms with Gasteiger partial charge in [-0.2, -0.15) is 0 Å². The van der Waals surface area contributed by atoms with Crippen LogP contribution in [-0.4, -0.2) is 33.1 Å². The Morgan fingerprint density at radius 2 is 2.10 bits per heavy atom. The monoisotopic (exact) mass is 295 g/mol. The van der Waals surface area contributed by atoms with Gasteiger partial charge in [0.25, 0.3) is 0 Å². The molecule has 0 aliphatic carbocycles. The summed E-state index contributed by atoms with van der Waals surface area (Å²) in [5.41, 5.74) is -0.665.